The van der Waals surface area contributed by atoms with Crippen molar-refractivity contribution >= 4 is 10.0 Å². The first-order valence-corrected chi connectivity index (χ1v) is 5.12. The van der Waals surface area contributed by atoms with Gasteiger partial charge in [0.1, 0.15) is 0 Å². The zero-order chi connectivity index (χ0) is 8.32. The van der Waals surface area contributed by atoms with Gasteiger partial charge in [0, 0.05) is 0 Å². The van der Waals surface area contributed by atoms with Crippen molar-refractivity contribution in [2.24, 2.45) is 0 Å². The van der Waals surface area contributed by atoms with Gasteiger partial charge in [-0.25, -0.2) is 0 Å². The van der Waals surface area contributed by atoms with Gasteiger partial charge in [-0.2, -0.15) is 0 Å². The van der Waals surface area contributed by atoms with E-state index in [1.165, 1.54) is 0 Å². The summed E-state index contributed by atoms with van der Waals surface area (Å²) < 4.78 is 15.2. The third-order valence-corrected chi connectivity index (χ3v) is 3.43. The predicted octanol–water partition coefficient (Wildman–Crippen LogP) is 0.216. The first-order chi connectivity index (χ1) is 5.13. The maximum Gasteiger partial charge on any atom is 0.305 e. The Hall–Kier alpha value is 0.0969. The van der Waals surface area contributed by atoms with E-state index in [2.05, 4.69) is 25.5 Å². The van der Waals surface area contributed by atoms with Crippen LogP contribution in [-0.4, -0.2) is 34.9 Å². The molecular weight excluding hydrogens is 160 g/mol. The minimum Gasteiger partial charge on any atom is -0.393 e. The minimum absolute atomic E-state index is 0.00772. The Morgan fingerprint density at radius 2 is 1.91 bits per heavy atom. The summed E-state index contributed by atoms with van der Waals surface area (Å²) in [7, 11) is -0.608. The maximum atomic E-state index is 5.37. The van der Waals surface area contributed by atoms with E-state index in [1.54, 1.807) is 0 Å². The van der Waals surface area contributed by atoms with Crippen molar-refractivity contribution in [3.63, 3.8) is 0 Å². The van der Waals surface area contributed by atoms with Crippen LogP contribution in [0.5, 0.6) is 0 Å². The van der Waals surface area contributed by atoms with Gasteiger partial charge in [0.25, 0.3) is 0 Å². The second-order valence-corrected chi connectivity index (χ2v) is 4.14. The van der Waals surface area contributed by atoms with Crippen molar-refractivity contribution in [2.45, 2.75) is 32.5 Å². The quantitative estimate of drug-likeness (QED) is 0.391. The molecule has 3 nitrogen and oxygen atoms in total. The van der Waals surface area contributed by atoms with Crippen molar-refractivity contribution in [1.82, 2.24) is 0 Å². The van der Waals surface area contributed by atoms with Crippen molar-refractivity contribution in [2.75, 3.05) is 13.2 Å². The van der Waals surface area contributed by atoms with Crippen LogP contribution >= 0.6 is 0 Å². The lowest BCUT2D eigenvalue weighted by Crippen LogP contribution is -2.29. The van der Waals surface area contributed by atoms with Gasteiger partial charge < -0.3 is 13.6 Å². The highest BCUT2D eigenvalue weighted by molar-refractivity contribution is 6.19. The highest BCUT2D eigenvalue weighted by Gasteiger charge is 2.32. The lowest BCUT2D eigenvalue weighted by Gasteiger charge is -2.20. The first kappa shape index (κ1) is 9.19. The molecule has 0 bridgehead atoms. The molecule has 0 saturated carbocycles. The molecule has 0 aromatic heterocycles. The SMILES string of the molecule is C1CO1.CC1O[SiH2]OC1(C)C. The van der Waals surface area contributed by atoms with E-state index >= 15 is 0 Å². The summed E-state index contributed by atoms with van der Waals surface area (Å²) in [5.41, 5.74) is -0.00772. The van der Waals surface area contributed by atoms with Crippen LogP contribution in [0.1, 0.15) is 20.8 Å². The molecule has 4 heteroatoms. The van der Waals surface area contributed by atoms with E-state index in [4.69, 9.17) is 8.85 Å². The molecule has 2 aliphatic heterocycles. The highest BCUT2D eigenvalue weighted by atomic mass is 28.3. The summed E-state index contributed by atoms with van der Waals surface area (Å²) in [5.74, 6) is 0. The molecule has 11 heavy (non-hydrogen) atoms. The molecule has 2 aliphatic rings. The van der Waals surface area contributed by atoms with Crippen LogP contribution in [0.15, 0.2) is 0 Å². The minimum atomic E-state index is -0.608. The Kier molecular flexibility index (Phi) is 3.06. The topological polar surface area (TPSA) is 31.0 Å². The number of hydrogen-bond acceptors (Lipinski definition) is 3. The Balaban J connectivity index is 0.000000167. The van der Waals surface area contributed by atoms with E-state index in [0.717, 1.165) is 13.2 Å². The van der Waals surface area contributed by atoms with Crippen molar-refractivity contribution in [3.05, 3.63) is 0 Å². The molecule has 66 valence electrons. The zero-order valence-electron chi connectivity index (χ0n) is 7.42. The number of rotatable bonds is 0. The third-order valence-electron chi connectivity index (χ3n) is 1.93. The average molecular weight is 176 g/mol. The summed E-state index contributed by atoms with van der Waals surface area (Å²) >= 11 is 0. The van der Waals surface area contributed by atoms with Crippen LogP contribution < -0.4 is 0 Å². The molecule has 1 unspecified atom stereocenters. The van der Waals surface area contributed by atoms with Crippen molar-refractivity contribution < 1.29 is 13.6 Å². The summed E-state index contributed by atoms with van der Waals surface area (Å²) in [5, 5.41) is 0. The number of ether oxygens (including phenoxy) is 1. The summed E-state index contributed by atoms with van der Waals surface area (Å²) in [6, 6.07) is 0. The number of epoxide rings is 1. The lowest BCUT2D eigenvalue weighted by atomic mass is 10.0. The smallest absolute Gasteiger partial charge is 0.305 e. The first-order valence-electron chi connectivity index (χ1n) is 3.96. The zero-order valence-corrected chi connectivity index (χ0v) is 8.84. The maximum absolute atomic E-state index is 5.37. The van der Waals surface area contributed by atoms with Gasteiger partial charge in [-0.1, -0.05) is 0 Å². The molecule has 2 heterocycles. The fraction of sp³-hybridized carbons (Fsp3) is 1.00. The molecule has 2 rings (SSSR count). The van der Waals surface area contributed by atoms with E-state index in [-0.39, 0.29) is 5.60 Å². The monoisotopic (exact) mass is 176 g/mol. The third kappa shape index (κ3) is 3.33. The van der Waals surface area contributed by atoms with Crippen LogP contribution in [0.25, 0.3) is 0 Å². The van der Waals surface area contributed by atoms with E-state index in [9.17, 15) is 0 Å². The largest absolute Gasteiger partial charge is 0.393 e. The molecule has 0 aromatic rings. The van der Waals surface area contributed by atoms with Gasteiger partial charge in [0.05, 0.1) is 24.9 Å². The molecule has 0 spiro atoms. The van der Waals surface area contributed by atoms with Crippen LogP contribution in [-0.2, 0) is 13.6 Å². The molecule has 0 aliphatic carbocycles. The normalized spacial score (nSPS) is 34.6. The molecule has 0 aromatic carbocycles. The fourth-order valence-corrected chi connectivity index (χ4v) is 1.82. The average Bonchev–Trinajstić information content (AvgIpc) is 2.68. The van der Waals surface area contributed by atoms with Gasteiger partial charge in [0.15, 0.2) is 0 Å². The summed E-state index contributed by atoms with van der Waals surface area (Å²) in [6.45, 7) is 8.19. The molecule has 1 atom stereocenters. The van der Waals surface area contributed by atoms with Crippen molar-refractivity contribution in [1.29, 1.82) is 0 Å². The fourth-order valence-electron chi connectivity index (χ4n) is 0.606. The molecule has 2 saturated heterocycles. The Bertz CT molecular complexity index is 122. The molecule has 0 radical (unpaired) electrons. The lowest BCUT2D eigenvalue weighted by molar-refractivity contribution is 0.0846. The van der Waals surface area contributed by atoms with Gasteiger partial charge in [-0.05, 0) is 20.8 Å². The molecule has 0 N–H and O–H groups in total. The standard InChI is InChI=1S/C5H12O2Si.C2H4O/c1-4-5(2,3)7-8-6-4;1-2-3-1/h4H,8H2,1-3H3;1-2H2. The van der Waals surface area contributed by atoms with E-state index in [1.807, 2.05) is 0 Å². The van der Waals surface area contributed by atoms with Crippen LogP contribution in [0.4, 0.5) is 0 Å². The van der Waals surface area contributed by atoms with Crippen molar-refractivity contribution in [3.8, 4) is 0 Å². The van der Waals surface area contributed by atoms with Crippen LogP contribution in [0, 0.1) is 0 Å². The highest BCUT2D eigenvalue weighted by Crippen LogP contribution is 2.21. The Morgan fingerprint density at radius 3 is 2.00 bits per heavy atom. The Labute approximate surface area is 70.1 Å². The van der Waals surface area contributed by atoms with E-state index < -0.39 is 10.0 Å². The van der Waals surface area contributed by atoms with Crippen LogP contribution in [0.2, 0.25) is 0 Å². The second-order valence-electron chi connectivity index (χ2n) is 3.29. The van der Waals surface area contributed by atoms with Gasteiger partial charge in [-0.3, -0.25) is 0 Å². The summed E-state index contributed by atoms with van der Waals surface area (Å²) in [6.07, 6.45) is 0.300. The predicted molar refractivity (Wildman–Crippen MR) is 45.1 cm³/mol. The molecular formula is C7H16O3Si. The second kappa shape index (κ2) is 3.67. The Morgan fingerprint density at radius 1 is 1.36 bits per heavy atom. The molecule has 2 fully saturated rings. The van der Waals surface area contributed by atoms with E-state index in [0.29, 0.717) is 6.10 Å². The van der Waals surface area contributed by atoms with Gasteiger partial charge >= 0.3 is 10.0 Å². The van der Waals surface area contributed by atoms with Gasteiger partial charge in [0.2, 0.25) is 0 Å². The molecule has 0 amide bonds. The van der Waals surface area contributed by atoms with Gasteiger partial charge in [-0.15, -0.1) is 0 Å². The van der Waals surface area contributed by atoms with Crippen LogP contribution in [0.3, 0.4) is 0 Å². The number of hydrogen-bond donors (Lipinski definition) is 0. The summed E-state index contributed by atoms with van der Waals surface area (Å²) in [4.78, 5) is 0.